The normalized spacial score (nSPS) is 11.6. The third-order valence-electron chi connectivity index (χ3n) is 1.82. The van der Waals surface area contributed by atoms with E-state index in [9.17, 15) is 4.79 Å². The van der Waals surface area contributed by atoms with Crippen LogP contribution in [0.5, 0.6) is 0 Å². The second kappa shape index (κ2) is 4.87. The Kier molecular flexibility index (Phi) is 3.97. The molecule has 0 atom stereocenters. The third kappa shape index (κ3) is 4.23. The minimum absolute atomic E-state index is 0.398. The largest absolute Gasteiger partial charge is 0.444 e. The minimum atomic E-state index is -0.456. The Balaban J connectivity index is 2.57. The summed E-state index contributed by atoms with van der Waals surface area (Å²) in [5, 5.41) is 3.56. The fourth-order valence-electron chi connectivity index (χ4n) is 1.13. The maximum absolute atomic E-state index is 11.5. The van der Waals surface area contributed by atoms with Crippen molar-refractivity contribution < 1.29 is 9.53 Å². The Morgan fingerprint density at radius 3 is 2.44 bits per heavy atom. The minimum Gasteiger partial charge on any atom is -0.444 e. The molecular formula is C12H19NO2S. The first-order valence-electron chi connectivity index (χ1n) is 5.37. The number of carbonyl (C=O) groups excluding carboxylic acids is 1. The average molecular weight is 241 g/mol. The van der Waals surface area contributed by atoms with Gasteiger partial charge in [0.15, 0.2) is 0 Å². The Morgan fingerprint density at radius 1 is 1.38 bits per heavy atom. The molecule has 1 N–H and O–H groups in total. The van der Waals surface area contributed by atoms with Crippen LogP contribution in [0.15, 0.2) is 12.1 Å². The van der Waals surface area contributed by atoms with E-state index in [0.717, 1.165) is 5.00 Å². The molecule has 3 nitrogen and oxygen atoms in total. The topological polar surface area (TPSA) is 38.3 Å². The van der Waals surface area contributed by atoms with E-state index in [1.807, 2.05) is 32.9 Å². The Bertz CT molecular complexity index is 363. The molecule has 0 radical (unpaired) electrons. The molecule has 1 amide bonds. The van der Waals surface area contributed by atoms with Crippen molar-refractivity contribution in [1.82, 2.24) is 0 Å². The van der Waals surface area contributed by atoms with E-state index >= 15 is 0 Å². The van der Waals surface area contributed by atoms with Gasteiger partial charge in [-0.1, -0.05) is 13.8 Å². The van der Waals surface area contributed by atoms with Gasteiger partial charge in [-0.25, -0.2) is 4.79 Å². The highest BCUT2D eigenvalue weighted by molar-refractivity contribution is 7.16. The summed E-state index contributed by atoms with van der Waals surface area (Å²) in [4.78, 5) is 12.7. The highest BCUT2D eigenvalue weighted by Crippen LogP contribution is 2.28. The zero-order chi connectivity index (χ0) is 12.3. The van der Waals surface area contributed by atoms with Crippen LogP contribution in [-0.2, 0) is 4.74 Å². The van der Waals surface area contributed by atoms with E-state index in [0.29, 0.717) is 5.92 Å². The summed E-state index contributed by atoms with van der Waals surface area (Å²) in [7, 11) is 0. The molecule has 1 aromatic rings. The zero-order valence-electron chi connectivity index (χ0n) is 10.5. The maximum atomic E-state index is 11.5. The molecule has 16 heavy (non-hydrogen) atoms. The predicted octanol–water partition coefficient (Wildman–Crippen LogP) is 4.22. The molecule has 4 heteroatoms. The van der Waals surface area contributed by atoms with Crippen LogP contribution in [0.1, 0.15) is 45.4 Å². The van der Waals surface area contributed by atoms with Crippen molar-refractivity contribution in [3.8, 4) is 0 Å². The number of rotatable bonds is 2. The number of ether oxygens (including phenoxy) is 1. The molecule has 1 heterocycles. The smallest absolute Gasteiger partial charge is 0.412 e. The highest BCUT2D eigenvalue weighted by atomic mass is 32.1. The van der Waals surface area contributed by atoms with E-state index in [-0.39, 0.29) is 0 Å². The number of amides is 1. The number of anilines is 1. The van der Waals surface area contributed by atoms with Crippen molar-refractivity contribution in [2.24, 2.45) is 0 Å². The Morgan fingerprint density at radius 2 is 2.00 bits per heavy atom. The van der Waals surface area contributed by atoms with Crippen molar-refractivity contribution in [3.63, 3.8) is 0 Å². The zero-order valence-corrected chi connectivity index (χ0v) is 11.3. The van der Waals surface area contributed by atoms with E-state index in [2.05, 4.69) is 19.2 Å². The standard InChI is InChI=1S/C12H19NO2S/c1-8(2)9-6-7-10(16-9)13-11(14)15-12(3,4)5/h6-8H,1-5H3,(H,13,14). The molecule has 0 saturated heterocycles. The van der Waals surface area contributed by atoms with Crippen LogP contribution in [0, 0.1) is 0 Å². The summed E-state index contributed by atoms with van der Waals surface area (Å²) in [5.74, 6) is 0.485. The lowest BCUT2D eigenvalue weighted by Gasteiger charge is -2.19. The third-order valence-corrected chi connectivity index (χ3v) is 3.12. The van der Waals surface area contributed by atoms with Crippen LogP contribution in [0.3, 0.4) is 0 Å². The lowest BCUT2D eigenvalue weighted by Crippen LogP contribution is -2.26. The molecule has 0 aliphatic heterocycles. The summed E-state index contributed by atoms with van der Waals surface area (Å²) < 4.78 is 5.17. The summed E-state index contributed by atoms with van der Waals surface area (Å²) in [6.45, 7) is 9.80. The highest BCUT2D eigenvalue weighted by Gasteiger charge is 2.16. The summed E-state index contributed by atoms with van der Waals surface area (Å²) in [5.41, 5.74) is -0.456. The molecule has 0 fully saturated rings. The summed E-state index contributed by atoms with van der Waals surface area (Å²) >= 11 is 1.58. The van der Waals surface area contributed by atoms with Crippen molar-refractivity contribution in [1.29, 1.82) is 0 Å². The van der Waals surface area contributed by atoms with Crippen LogP contribution in [0.2, 0.25) is 0 Å². The fourth-order valence-corrected chi connectivity index (χ4v) is 2.03. The van der Waals surface area contributed by atoms with Crippen LogP contribution >= 0.6 is 11.3 Å². The fraction of sp³-hybridized carbons (Fsp3) is 0.583. The first-order valence-corrected chi connectivity index (χ1v) is 6.19. The van der Waals surface area contributed by atoms with Crippen LogP contribution < -0.4 is 5.32 Å². The van der Waals surface area contributed by atoms with Gasteiger partial charge in [-0.15, -0.1) is 11.3 Å². The monoisotopic (exact) mass is 241 g/mol. The molecule has 0 aliphatic rings. The van der Waals surface area contributed by atoms with E-state index in [1.165, 1.54) is 4.88 Å². The van der Waals surface area contributed by atoms with Gasteiger partial charge in [0.1, 0.15) is 5.60 Å². The lowest BCUT2D eigenvalue weighted by atomic mass is 10.2. The molecule has 0 saturated carbocycles. The molecule has 1 aromatic heterocycles. The summed E-state index contributed by atoms with van der Waals surface area (Å²) in [6, 6.07) is 3.94. The van der Waals surface area contributed by atoms with Gasteiger partial charge in [-0.05, 0) is 38.8 Å². The van der Waals surface area contributed by atoms with Crippen molar-refractivity contribution in [3.05, 3.63) is 17.0 Å². The molecule has 0 spiro atoms. The van der Waals surface area contributed by atoms with Gasteiger partial charge >= 0.3 is 6.09 Å². The van der Waals surface area contributed by atoms with Crippen molar-refractivity contribution >= 4 is 22.4 Å². The van der Waals surface area contributed by atoms with E-state index in [1.54, 1.807) is 11.3 Å². The lowest BCUT2D eigenvalue weighted by molar-refractivity contribution is 0.0636. The molecule has 0 unspecified atom stereocenters. The van der Waals surface area contributed by atoms with Crippen molar-refractivity contribution in [2.75, 3.05) is 5.32 Å². The second-order valence-electron chi connectivity index (χ2n) is 4.98. The van der Waals surface area contributed by atoms with Crippen LogP contribution in [0.4, 0.5) is 9.80 Å². The van der Waals surface area contributed by atoms with Crippen LogP contribution in [-0.4, -0.2) is 11.7 Å². The maximum Gasteiger partial charge on any atom is 0.412 e. The summed E-state index contributed by atoms with van der Waals surface area (Å²) in [6.07, 6.45) is -0.398. The SMILES string of the molecule is CC(C)c1ccc(NC(=O)OC(C)(C)C)s1. The van der Waals surface area contributed by atoms with Gasteiger partial charge in [-0.3, -0.25) is 5.32 Å². The number of hydrogen-bond acceptors (Lipinski definition) is 3. The Labute approximate surface area is 101 Å². The van der Waals surface area contributed by atoms with E-state index < -0.39 is 11.7 Å². The van der Waals surface area contributed by atoms with E-state index in [4.69, 9.17) is 4.74 Å². The number of carbonyl (C=O) groups is 1. The van der Waals surface area contributed by atoms with Gasteiger partial charge in [-0.2, -0.15) is 0 Å². The molecular weight excluding hydrogens is 222 g/mol. The quantitative estimate of drug-likeness (QED) is 0.842. The van der Waals surface area contributed by atoms with Gasteiger partial charge in [0.2, 0.25) is 0 Å². The van der Waals surface area contributed by atoms with Crippen LogP contribution in [0.25, 0.3) is 0 Å². The predicted molar refractivity (Wildman–Crippen MR) is 68.3 cm³/mol. The van der Waals surface area contributed by atoms with Gasteiger partial charge in [0.05, 0.1) is 5.00 Å². The molecule has 0 aromatic carbocycles. The second-order valence-corrected chi connectivity index (χ2v) is 6.10. The Hall–Kier alpha value is -1.03. The molecule has 90 valence electrons. The molecule has 0 aliphatic carbocycles. The van der Waals surface area contributed by atoms with Crippen molar-refractivity contribution in [2.45, 2.75) is 46.1 Å². The number of thiophene rings is 1. The first kappa shape index (κ1) is 13.0. The first-order chi connectivity index (χ1) is 7.28. The molecule has 1 rings (SSSR count). The van der Waals surface area contributed by atoms with Gasteiger partial charge < -0.3 is 4.74 Å². The number of hydrogen-bond donors (Lipinski definition) is 1. The molecule has 0 bridgehead atoms. The van der Waals surface area contributed by atoms with Gasteiger partial charge in [0.25, 0.3) is 0 Å². The number of nitrogens with one attached hydrogen (secondary N) is 1. The average Bonchev–Trinajstić information content (AvgIpc) is 2.48. The van der Waals surface area contributed by atoms with Gasteiger partial charge in [0, 0.05) is 4.88 Å².